The monoisotopic (exact) mass is 324 g/mol. The van der Waals surface area contributed by atoms with E-state index in [9.17, 15) is 23.1 Å². The molecule has 2 amide bonds. The summed E-state index contributed by atoms with van der Waals surface area (Å²) in [6.45, 7) is -0.121. The Bertz CT molecular complexity index is 660. The van der Waals surface area contributed by atoms with E-state index < -0.39 is 23.9 Å². The van der Waals surface area contributed by atoms with Crippen LogP contribution in [0.2, 0.25) is 0 Å². The highest BCUT2D eigenvalue weighted by atomic mass is 19.4. The van der Waals surface area contributed by atoms with Gasteiger partial charge in [-0.1, -0.05) is 42.5 Å². The minimum Gasteiger partial charge on any atom is -0.387 e. The molecular formula is C16H15F3N2O2. The van der Waals surface area contributed by atoms with Crippen LogP contribution >= 0.6 is 0 Å². The fraction of sp³-hybridized carbons (Fsp3) is 0.188. The minimum atomic E-state index is -4.56. The Balaban J connectivity index is 1.96. The number of halogens is 3. The molecule has 0 aromatic heterocycles. The zero-order valence-corrected chi connectivity index (χ0v) is 12.0. The SMILES string of the molecule is O=C(NCC(O)c1ccccc1)Nc1ccccc1C(F)(F)F. The molecule has 2 aromatic rings. The van der Waals surface area contributed by atoms with Crippen molar-refractivity contribution >= 4 is 11.7 Å². The zero-order valence-electron chi connectivity index (χ0n) is 12.0. The zero-order chi connectivity index (χ0) is 16.9. The van der Waals surface area contributed by atoms with Gasteiger partial charge in [-0.3, -0.25) is 0 Å². The summed E-state index contributed by atoms with van der Waals surface area (Å²) >= 11 is 0. The molecule has 0 bridgehead atoms. The van der Waals surface area contributed by atoms with Crippen molar-refractivity contribution in [3.8, 4) is 0 Å². The van der Waals surface area contributed by atoms with E-state index in [1.807, 2.05) is 0 Å². The molecule has 0 saturated heterocycles. The maximum absolute atomic E-state index is 12.8. The standard InChI is InChI=1S/C16H15F3N2O2/c17-16(18,19)12-8-4-5-9-13(12)21-15(23)20-10-14(22)11-6-2-1-3-7-11/h1-9,14,22H,10H2,(H2,20,21,23). The number of amides is 2. The van der Waals surface area contributed by atoms with Crippen LogP contribution in [0.5, 0.6) is 0 Å². The van der Waals surface area contributed by atoms with Gasteiger partial charge in [0, 0.05) is 6.54 Å². The van der Waals surface area contributed by atoms with Crippen LogP contribution in [0.25, 0.3) is 0 Å². The Kier molecular flexibility index (Phi) is 5.23. The summed E-state index contributed by atoms with van der Waals surface area (Å²) in [5.41, 5.74) is -0.672. The van der Waals surface area contributed by atoms with Gasteiger partial charge in [0.25, 0.3) is 0 Å². The lowest BCUT2D eigenvalue weighted by molar-refractivity contribution is -0.136. The first-order valence-electron chi connectivity index (χ1n) is 6.82. The number of rotatable bonds is 4. The predicted molar refractivity (Wildman–Crippen MR) is 79.9 cm³/mol. The number of hydrogen-bond acceptors (Lipinski definition) is 2. The van der Waals surface area contributed by atoms with Gasteiger partial charge in [0.2, 0.25) is 0 Å². The van der Waals surface area contributed by atoms with Gasteiger partial charge in [0.1, 0.15) is 0 Å². The van der Waals surface area contributed by atoms with Crippen LogP contribution in [-0.2, 0) is 6.18 Å². The lowest BCUT2D eigenvalue weighted by atomic mass is 10.1. The van der Waals surface area contributed by atoms with E-state index in [0.717, 1.165) is 12.1 Å². The largest absolute Gasteiger partial charge is 0.418 e. The summed E-state index contributed by atoms with van der Waals surface area (Å²) in [5, 5.41) is 14.4. The average Bonchev–Trinajstić information content (AvgIpc) is 2.53. The van der Waals surface area contributed by atoms with Crippen LogP contribution in [0.1, 0.15) is 17.2 Å². The minimum absolute atomic E-state index is 0.121. The lowest BCUT2D eigenvalue weighted by Gasteiger charge is -2.15. The van der Waals surface area contributed by atoms with Gasteiger partial charge in [-0.05, 0) is 17.7 Å². The van der Waals surface area contributed by atoms with E-state index >= 15 is 0 Å². The van der Waals surface area contributed by atoms with E-state index in [1.54, 1.807) is 30.3 Å². The maximum atomic E-state index is 12.8. The molecule has 0 aliphatic rings. The molecule has 0 fully saturated rings. The van der Waals surface area contributed by atoms with Crippen molar-refractivity contribution in [3.63, 3.8) is 0 Å². The molecule has 3 N–H and O–H groups in total. The lowest BCUT2D eigenvalue weighted by Crippen LogP contribution is -2.33. The first-order valence-corrected chi connectivity index (χ1v) is 6.82. The molecule has 0 heterocycles. The number of nitrogens with one attached hydrogen (secondary N) is 2. The number of benzene rings is 2. The molecule has 4 nitrogen and oxygen atoms in total. The summed E-state index contributed by atoms with van der Waals surface area (Å²) in [4.78, 5) is 11.7. The van der Waals surface area contributed by atoms with Crippen LogP contribution in [0.4, 0.5) is 23.7 Å². The molecular weight excluding hydrogens is 309 g/mol. The Morgan fingerprint density at radius 2 is 1.65 bits per heavy atom. The second-order valence-electron chi connectivity index (χ2n) is 4.80. The fourth-order valence-corrected chi connectivity index (χ4v) is 1.99. The second-order valence-corrected chi connectivity index (χ2v) is 4.80. The fourth-order valence-electron chi connectivity index (χ4n) is 1.99. The van der Waals surface area contributed by atoms with Gasteiger partial charge in [-0.25, -0.2) is 4.79 Å². The predicted octanol–water partition coefficient (Wildman–Crippen LogP) is 3.56. The molecule has 0 spiro atoms. The molecule has 7 heteroatoms. The first kappa shape index (κ1) is 16.8. The number of alkyl halides is 3. The van der Waals surface area contributed by atoms with Crippen LogP contribution in [0.3, 0.4) is 0 Å². The van der Waals surface area contributed by atoms with Crippen molar-refractivity contribution in [3.05, 3.63) is 65.7 Å². The first-order chi connectivity index (χ1) is 10.9. The van der Waals surface area contributed by atoms with E-state index in [0.29, 0.717) is 5.56 Å². The van der Waals surface area contributed by atoms with Crippen LogP contribution in [0, 0.1) is 0 Å². The third-order valence-electron chi connectivity index (χ3n) is 3.12. The van der Waals surface area contributed by atoms with E-state index in [1.165, 1.54) is 12.1 Å². The van der Waals surface area contributed by atoms with Gasteiger partial charge in [-0.15, -0.1) is 0 Å². The molecule has 2 aromatic carbocycles. The molecule has 0 radical (unpaired) electrons. The molecule has 0 aliphatic carbocycles. The normalized spacial score (nSPS) is 12.5. The molecule has 2 rings (SSSR count). The summed E-state index contributed by atoms with van der Waals surface area (Å²) in [6.07, 6.45) is -5.51. The highest BCUT2D eigenvalue weighted by molar-refractivity contribution is 5.90. The molecule has 1 unspecified atom stereocenters. The van der Waals surface area contributed by atoms with Crippen LogP contribution in [0.15, 0.2) is 54.6 Å². The van der Waals surface area contributed by atoms with Crippen molar-refractivity contribution in [2.24, 2.45) is 0 Å². The summed E-state index contributed by atoms with van der Waals surface area (Å²) in [5.74, 6) is 0. The number of hydrogen-bond donors (Lipinski definition) is 3. The van der Waals surface area contributed by atoms with Crippen molar-refractivity contribution in [1.29, 1.82) is 0 Å². The number of urea groups is 1. The third kappa shape index (κ3) is 4.72. The van der Waals surface area contributed by atoms with Gasteiger partial charge in [-0.2, -0.15) is 13.2 Å². The Morgan fingerprint density at radius 1 is 1.04 bits per heavy atom. The molecule has 23 heavy (non-hydrogen) atoms. The number of aliphatic hydroxyl groups excluding tert-OH is 1. The number of carbonyl (C=O) groups excluding carboxylic acids is 1. The molecule has 0 aliphatic heterocycles. The third-order valence-corrected chi connectivity index (χ3v) is 3.12. The van der Waals surface area contributed by atoms with E-state index in [2.05, 4.69) is 10.6 Å². The highest BCUT2D eigenvalue weighted by Gasteiger charge is 2.33. The van der Waals surface area contributed by atoms with Crippen molar-refractivity contribution < 1.29 is 23.1 Å². The van der Waals surface area contributed by atoms with E-state index in [4.69, 9.17) is 0 Å². The Hall–Kier alpha value is -2.54. The van der Waals surface area contributed by atoms with Gasteiger partial charge < -0.3 is 15.7 Å². The van der Waals surface area contributed by atoms with Crippen molar-refractivity contribution in [2.75, 3.05) is 11.9 Å². The van der Waals surface area contributed by atoms with Gasteiger partial charge in [0.15, 0.2) is 0 Å². The van der Waals surface area contributed by atoms with Crippen molar-refractivity contribution in [1.82, 2.24) is 5.32 Å². The summed E-state index contributed by atoms with van der Waals surface area (Å²) < 4.78 is 38.5. The second kappa shape index (κ2) is 7.15. The number of para-hydroxylation sites is 1. The number of carbonyl (C=O) groups is 1. The maximum Gasteiger partial charge on any atom is 0.418 e. The Morgan fingerprint density at radius 3 is 2.30 bits per heavy atom. The highest BCUT2D eigenvalue weighted by Crippen LogP contribution is 2.34. The molecule has 0 saturated carbocycles. The quantitative estimate of drug-likeness (QED) is 0.805. The molecule has 122 valence electrons. The summed E-state index contributed by atoms with van der Waals surface area (Å²) in [6, 6.07) is 12.5. The molecule has 1 atom stereocenters. The Labute approximate surface area is 131 Å². The summed E-state index contributed by atoms with van der Waals surface area (Å²) in [7, 11) is 0. The smallest absolute Gasteiger partial charge is 0.387 e. The number of anilines is 1. The van der Waals surface area contributed by atoms with Gasteiger partial charge in [0.05, 0.1) is 17.4 Å². The van der Waals surface area contributed by atoms with E-state index in [-0.39, 0.29) is 12.2 Å². The topological polar surface area (TPSA) is 61.4 Å². The number of aliphatic hydroxyl groups is 1. The van der Waals surface area contributed by atoms with Crippen LogP contribution < -0.4 is 10.6 Å². The van der Waals surface area contributed by atoms with Crippen molar-refractivity contribution in [2.45, 2.75) is 12.3 Å². The average molecular weight is 324 g/mol. The van der Waals surface area contributed by atoms with Gasteiger partial charge >= 0.3 is 12.2 Å². The van der Waals surface area contributed by atoms with Crippen LogP contribution in [-0.4, -0.2) is 17.7 Å².